The minimum absolute atomic E-state index is 0.299. The van der Waals surface area contributed by atoms with Gasteiger partial charge >= 0.3 is 6.18 Å². The van der Waals surface area contributed by atoms with Gasteiger partial charge in [-0.1, -0.05) is 0 Å². The second kappa shape index (κ2) is 4.46. The first kappa shape index (κ1) is 12.1. The Balaban J connectivity index is 2.12. The van der Waals surface area contributed by atoms with Crippen molar-refractivity contribution in [2.75, 3.05) is 11.9 Å². The van der Waals surface area contributed by atoms with E-state index in [1.807, 2.05) is 0 Å². The van der Waals surface area contributed by atoms with Crippen molar-refractivity contribution in [2.24, 2.45) is 0 Å². The van der Waals surface area contributed by atoms with E-state index in [1.165, 1.54) is 17.7 Å². The van der Waals surface area contributed by atoms with Crippen LogP contribution in [0.4, 0.5) is 19.0 Å². The van der Waals surface area contributed by atoms with Crippen LogP contribution in [0.5, 0.6) is 0 Å². The third-order valence-electron chi connectivity index (χ3n) is 2.08. The maximum Gasteiger partial charge on any atom is 0.416 e. The molecule has 4 nitrogen and oxygen atoms in total. The van der Waals surface area contributed by atoms with Crippen LogP contribution in [0.2, 0.25) is 0 Å². The zero-order valence-electron chi connectivity index (χ0n) is 8.40. The predicted octanol–water partition coefficient (Wildman–Crippen LogP) is 2.03. The highest BCUT2D eigenvalue weighted by molar-refractivity contribution is 7.17. The van der Waals surface area contributed by atoms with Gasteiger partial charge < -0.3 is 10.4 Å². The molecule has 0 fully saturated rings. The van der Waals surface area contributed by atoms with E-state index in [9.17, 15) is 13.2 Å². The third kappa shape index (κ3) is 2.64. The Hall–Kier alpha value is -1.41. The summed E-state index contributed by atoms with van der Waals surface area (Å²) in [6, 6.07) is 1.74. The molecule has 8 heteroatoms. The zero-order valence-corrected chi connectivity index (χ0v) is 9.22. The molecule has 2 N–H and O–H groups in total. The molecule has 2 aromatic rings. The quantitative estimate of drug-likeness (QED) is 0.889. The maximum atomic E-state index is 12.1. The first-order chi connectivity index (χ1) is 7.98. The van der Waals surface area contributed by atoms with Crippen LogP contribution in [0.15, 0.2) is 17.8 Å². The second-order valence-corrected chi connectivity index (χ2v) is 4.21. The smallest absolute Gasteiger partial charge is 0.382 e. The molecule has 0 amide bonds. The Labute approximate surface area is 98.1 Å². The van der Waals surface area contributed by atoms with Crippen molar-refractivity contribution in [2.45, 2.75) is 12.3 Å². The minimum Gasteiger partial charge on any atom is -0.382 e. The standard InChI is InChI=1S/C9H8F3N3OS/c10-9(11,12)6(16)3-13-8-7-5(1-2-17-7)14-4-15-8/h1-2,4,6,16H,3H2,(H,13,14,15). The average Bonchev–Trinajstić information content (AvgIpc) is 2.72. The summed E-state index contributed by atoms with van der Waals surface area (Å²) in [5.41, 5.74) is 0.661. The average molecular weight is 263 g/mol. The van der Waals surface area contributed by atoms with Gasteiger partial charge in [-0.15, -0.1) is 11.3 Å². The van der Waals surface area contributed by atoms with E-state index >= 15 is 0 Å². The van der Waals surface area contributed by atoms with Crippen molar-refractivity contribution < 1.29 is 18.3 Å². The molecule has 0 saturated heterocycles. The van der Waals surface area contributed by atoms with E-state index in [1.54, 1.807) is 11.4 Å². The van der Waals surface area contributed by atoms with Crippen LogP contribution in [-0.4, -0.2) is 33.9 Å². The molecule has 0 aliphatic rings. The number of anilines is 1. The first-order valence-corrected chi connectivity index (χ1v) is 5.53. The molecule has 1 unspecified atom stereocenters. The van der Waals surface area contributed by atoms with Crippen molar-refractivity contribution in [1.82, 2.24) is 9.97 Å². The van der Waals surface area contributed by atoms with Crippen LogP contribution in [0.25, 0.3) is 10.2 Å². The summed E-state index contributed by atoms with van der Waals surface area (Å²) < 4.78 is 36.9. The van der Waals surface area contributed by atoms with Gasteiger partial charge in [-0.2, -0.15) is 13.2 Å². The van der Waals surface area contributed by atoms with Crippen LogP contribution in [0.3, 0.4) is 0 Å². The number of nitrogens with zero attached hydrogens (tertiary/aromatic N) is 2. The number of aliphatic hydroxyl groups is 1. The molecule has 0 spiro atoms. The lowest BCUT2D eigenvalue weighted by Crippen LogP contribution is -2.35. The highest BCUT2D eigenvalue weighted by Gasteiger charge is 2.37. The Kier molecular flexibility index (Phi) is 3.16. The van der Waals surface area contributed by atoms with E-state index in [-0.39, 0.29) is 0 Å². The fourth-order valence-corrected chi connectivity index (χ4v) is 2.03. The Bertz CT molecular complexity index is 513. The van der Waals surface area contributed by atoms with Gasteiger partial charge in [-0.25, -0.2) is 9.97 Å². The Morgan fingerprint density at radius 3 is 2.88 bits per heavy atom. The molecule has 0 saturated carbocycles. The Morgan fingerprint density at radius 1 is 1.41 bits per heavy atom. The third-order valence-corrected chi connectivity index (χ3v) is 2.99. The SMILES string of the molecule is OC(CNc1ncnc2ccsc12)C(F)(F)F. The zero-order chi connectivity index (χ0) is 12.5. The lowest BCUT2D eigenvalue weighted by Gasteiger charge is -2.15. The van der Waals surface area contributed by atoms with Gasteiger partial charge in [0.25, 0.3) is 0 Å². The molecule has 0 aliphatic heterocycles. The van der Waals surface area contributed by atoms with Gasteiger partial charge in [-0.05, 0) is 11.4 Å². The number of rotatable bonds is 3. The molecule has 2 rings (SSSR count). The summed E-state index contributed by atoms with van der Waals surface area (Å²) in [5.74, 6) is 0.299. The van der Waals surface area contributed by atoms with Crippen molar-refractivity contribution in [3.05, 3.63) is 17.8 Å². The molecule has 17 heavy (non-hydrogen) atoms. The van der Waals surface area contributed by atoms with Crippen LogP contribution in [0.1, 0.15) is 0 Å². The summed E-state index contributed by atoms with van der Waals surface area (Å²) in [7, 11) is 0. The maximum absolute atomic E-state index is 12.1. The molecular formula is C9H8F3N3OS. The fourth-order valence-electron chi connectivity index (χ4n) is 1.22. The minimum atomic E-state index is -4.63. The fraction of sp³-hybridized carbons (Fsp3) is 0.333. The molecule has 0 aromatic carbocycles. The van der Waals surface area contributed by atoms with Crippen LogP contribution in [0, 0.1) is 0 Å². The number of nitrogens with one attached hydrogen (secondary N) is 1. The molecule has 1 atom stereocenters. The number of fused-ring (bicyclic) bond motifs is 1. The summed E-state index contributed by atoms with van der Waals surface area (Å²) in [6.07, 6.45) is -5.78. The number of halogens is 3. The van der Waals surface area contributed by atoms with E-state index in [4.69, 9.17) is 5.11 Å². The van der Waals surface area contributed by atoms with Crippen LogP contribution in [-0.2, 0) is 0 Å². The van der Waals surface area contributed by atoms with Gasteiger partial charge in [0, 0.05) is 0 Å². The highest BCUT2D eigenvalue weighted by Crippen LogP contribution is 2.26. The summed E-state index contributed by atoms with van der Waals surface area (Å²) in [6.45, 7) is -0.631. The molecular weight excluding hydrogens is 255 g/mol. The van der Waals surface area contributed by atoms with Gasteiger partial charge in [0.2, 0.25) is 0 Å². The van der Waals surface area contributed by atoms with Crippen molar-refractivity contribution in [3.8, 4) is 0 Å². The number of thiophene rings is 1. The van der Waals surface area contributed by atoms with E-state index < -0.39 is 18.8 Å². The number of hydrogen-bond acceptors (Lipinski definition) is 5. The predicted molar refractivity (Wildman–Crippen MR) is 58.0 cm³/mol. The monoisotopic (exact) mass is 263 g/mol. The Morgan fingerprint density at radius 2 is 2.18 bits per heavy atom. The topological polar surface area (TPSA) is 58.0 Å². The van der Waals surface area contributed by atoms with Crippen molar-refractivity contribution >= 4 is 27.4 Å². The molecule has 92 valence electrons. The van der Waals surface area contributed by atoms with E-state index in [0.717, 1.165) is 0 Å². The van der Waals surface area contributed by atoms with Crippen LogP contribution < -0.4 is 5.32 Å². The largest absolute Gasteiger partial charge is 0.416 e. The molecule has 0 radical (unpaired) electrons. The second-order valence-electron chi connectivity index (χ2n) is 3.30. The van der Waals surface area contributed by atoms with Gasteiger partial charge in [-0.3, -0.25) is 0 Å². The first-order valence-electron chi connectivity index (χ1n) is 4.65. The number of hydrogen-bond donors (Lipinski definition) is 2. The van der Waals surface area contributed by atoms with Crippen molar-refractivity contribution in [3.63, 3.8) is 0 Å². The summed E-state index contributed by atoms with van der Waals surface area (Å²) in [5, 5.41) is 13.1. The van der Waals surface area contributed by atoms with Crippen LogP contribution >= 0.6 is 11.3 Å². The molecule has 0 bridgehead atoms. The van der Waals surface area contributed by atoms with Gasteiger partial charge in [0.1, 0.15) is 12.1 Å². The molecule has 2 aromatic heterocycles. The van der Waals surface area contributed by atoms with Gasteiger partial charge in [0.15, 0.2) is 6.10 Å². The lowest BCUT2D eigenvalue weighted by atomic mass is 10.3. The van der Waals surface area contributed by atoms with E-state index in [2.05, 4.69) is 15.3 Å². The normalized spacial score (nSPS) is 13.9. The number of alkyl halides is 3. The highest BCUT2D eigenvalue weighted by atomic mass is 32.1. The summed E-state index contributed by atoms with van der Waals surface area (Å²) in [4.78, 5) is 7.80. The molecule has 2 heterocycles. The molecule has 0 aliphatic carbocycles. The summed E-state index contributed by atoms with van der Waals surface area (Å²) >= 11 is 1.32. The number of aliphatic hydroxyl groups excluding tert-OH is 1. The van der Waals surface area contributed by atoms with E-state index in [0.29, 0.717) is 16.0 Å². The lowest BCUT2D eigenvalue weighted by molar-refractivity contribution is -0.198. The van der Waals surface area contributed by atoms with Crippen molar-refractivity contribution in [1.29, 1.82) is 0 Å². The van der Waals surface area contributed by atoms with Gasteiger partial charge in [0.05, 0.1) is 16.8 Å². The number of aromatic nitrogens is 2.